The number of aromatic nitrogens is 2. The van der Waals surface area contributed by atoms with Crippen LogP contribution in [0.15, 0.2) is 42.5 Å². The van der Waals surface area contributed by atoms with E-state index in [9.17, 15) is 4.39 Å². The van der Waals surface area contributed by atoms with Gasteiger partial charge in [0.2, 0.25) is 0 Å². The van der Waals surface area contributed by atoms with Crippen molar-refractivity contribution in [1.82, 2.24) is 9.55 Å². The van der Waals surface area contributed by atoms with Gasteiger partial charge in [0.05, 0.1) is 5.52 Å². The van der Waals surface area contributed by atoms with Gasteiger partial charge in [-0.05, 0) is 30.2 Å². The van der Waals surface area contributed by atoms with Gasteiger partial charge in [-0.3, -0.25) is 0 Å². The highest BCUT2D eigenvalue weighted by Crippen LogP contribution is 2.23. The number of aryl methyl sites for hydroxylation is 1. The fourth-order valence-corrected chi connectivity index (χ4v) is 2.63. The van der Waals surface area contributed by atoms with Gasteiger partial charge in [0.1, 0.15) is 11.3 Å². The van der Waals surface area contributed by atoms with Crippen molar-refractivity contribution in [1.29, 1.82) is 0 Å². The zero-order valence-electron chi connectivity index (χ0n) is 12.0. The summed E-state index contributed by atoms with van der Waals surface area (Å²) in [5.41, 5.74) is 9.06. The summed E-state index contributed by atoms with van der Waals surface area (Å²) in [6, 6.07) is 12.8. The molecule has 0 saturated carbocycles. The Kier molecular flexibility index (Phi) is 3.60. The smallest absolute Gasteiger partial charge is 0.151 e. The van der Waals surface area contributed by atoms with Gasteiger partial charge in [-0.15, -0.1) is 0 Å². The molecule has 0 spiro atoms. The molecule has 3 aromatic rings. The molecule has 1 aromatic heterocycles. The van der Waals surface area contributed by atoms with Crippen LogP contribution >= 0.6 is 0 Å². The van der Waals surface area contributed by atoms with Gasteiger partial charge in [0.15, 0.2) is 5.82 Å². The van der Waals surface area contributed by atoms with Gasteiger partial charge in [-0.2, -0.15) is 0 Å². The highest BCUT2D eigenvalue weighted by molar-refractivity contribution is 5.76. The van der Waals surface area contributed by atoms with Crippen molar-refractivity contribution in [2.45, 2.75) is 26.3 Å². The van der Waals surface area contributed by atoms with Crippen molar-refractivity contribution in [3.8, 4) is 0 Å². The fourth-order valence-electron chi connectivity index (χ4n) is 2.63. The largest absolute Gasteiger partial charge is 0.398 e. The molecule has 2 N–H and O–H groups in total. The van der Waals surface area contributed by atoms with Crippen molar-refractivity contribution >= 4 is 16.7 Å². The van der Waals surface area contributed by atoms with Gasteiger partial charge in [-0.1, -0.05) is 31.2 Å². The molecule has 0 fully saturated rings. The lowest BCUT2D eigenvalue weighted by Gasteiger charge is -2.09. The van der Waals surface area contributed by atoms with Crippen molar-refractivity contribution in [3.63, 3.8) is 0 Å². The summed E-state index contributed by atoms with van der Waals surface area (Å²) >= 11 is 0. The summed E-state index contributed by atoms with van der Waals surface area (Å²) in [5, 5.41) is 0. The van der Waals surface area contributed by atoms with E-state index >= 15 is 0 Å². The minimum absolute atomic E-state index is 0.273. The van der Waals surface area contributed by atoms with E-state index in [4.69, 9.17) is 5.73 Å². The Hall–Kier alpha value is -2.36. The Bertz CT molecular complexity index is 777. The van der Waals surface area contributed by atoms with Crippen LogP contribution in [0.1, 0.15) is 24.7 Å². The third kappa shape index (κ3) is 2.49. The predicted molar refractivity (Wildman–Crippen MR) is 83.6 cm³/mol. The maximum Gasteiger partial charge on any atom is 0.151 e. The molecule has 0 bridgehead atoms. The van der Waals surface area contributed by atoms with Gasteiger partial charge >= 0.3 is 0 Å². The van der Waals surface area contributed by atoms with Gasteiger partial charge < -0.3 is 10.3 Å². The summed E-state index contributed by atoms with van der Waals surface area (Å²) in [5.74, 6) is 0.583. The average molecular weight is 283 g/mol. The second-order valence-corrected chi connectivity index (χ2v) is 5.16. The second-order valence-electron chi connectivity index (χ2n) is 5.16. The van der Waals surface area contributed by atoms with E-state index in [1.165, 1.54) is 6.07 Å². The molecule has 108 valence electrons. The Morgan fingerprint density at radius 1 is 1.14 bits per heavy atom. The van der Waals surface area contributed by atoms with Crippen LogP contribution in [0.3, 0.4) is 0 Å². The lowest BCUT2D eigenvalue weighted by atomic mass is 10.1. The van der Waals surface area contributed by atoms with E-state index in [-0.39, 0.29) is 5.82 Å². The second kappa shape index (κ2) is 5.56. The normalized spacial score (nSPS) is 11.1. The fraction of sp³-hybridized carbons (Fsp3) is 0.235. The van der Waals surface area contributed by atoms with E-state index in [1.807, 2.05) is 30.3 Å². The summed E-state index contributed by atoms with van der Waals surface area (Å²) in [7, 11) is 0. The van der Waals surface area contributed by atoms with Crippen molar-refractivity contribution in [3.05, 3.63) is 59.7 Å². The Balaban J connectivity index is 2.11. The Labute approximate surface area is 123 Å². The molecule has 0 radical (unpaired) electrons. The Morgan fingerprint density at radius 2 is 1.95 bits per heavy atom. The minimum Gasteiger partial charge on any atom is -0.398 e. The van der Waals surface area contributed by atoms with E-state index in [0.717, 1.165) is 35.6 Å². The molecule has 3 nitrogen and oxygen atoms in total. The number of hydrogen-bond acceptors (Lipinski definition) is 2. The number of nitrogens with two attached hydrogens (primary N) is 1. The third-order valence-corrected chi connectivity index (χ3v) is 3.66. The quantitative estimate of drug-likeness (QED) is 0.741. The maximum atomic E-state index is 13.9. The predicted octanol–water partition coefficient (Wildman–Crippen LogP) is 3.76. The molecule has 3 rings (SSSR count). The molecule has 1 heterocycles. The van der Waals surface area contributed by atoms with Crippen LogP contribution in [-0.4, -0.2) is 9.55 Å². The average Bonchev–Trinajstić information content (AvgIpc) is 2.82. The zero-order valence-corrected chi connectivity index (χ0v) is 12.0. The number of nitrogens with zero attached hydrogens (tertiary/aromatic N) is 2. The lowest BCUT2D eigenvalue weighted by molar-refractivity contribution is 0.637. The van der Waals surface area contributed by atoms with Crippen LogP contribution in [0.5, 0.6) is 0 Å². The molecular formula is C17H18FN3. The highest BCUT2D eigenvalue weighted by atomic mass is 19.1. The number of para-hydroxylation sites is 2. The van der Waals surface area contributed by atoms with E-state index in [1.54, 1.807) is 6.07 Å². The molecule has 0 amide bonds. The maximum absolute atomic E-state index is 13.9. The van der Waals surface area contributed by atoms with Gasteiger partial charge in [0, 0.05) is 18.7 Å². The van der Waals surface area contributed by atoms with Crippen molar-refractivity contribution < 1.29 is 4.39 Å². The number of rotatable bonds is 4. The van der Waals surface area contributed by atoms with Gasteiger partial charge in [-0.25, -0.2) is 9.37 Å². The summed E-state index contributed by atoms with van der Waals surface area (Å²) in [6.07, 6.45) is 1.58. The van der Waals surface area contributed by atoms with Crippen LogP contribution in [0, 0.1) is 5.82 Å². The number of imidazole rings is 1. The first-order valence-corrected chi connectivity index (χ1v) is 7.17. The number of anilines is 1. The zero-order chi connectivity index (χ0) is 14.8. The van der Waals surface area contributed by atoms with E-state index in [2.05, 4.69) is 16.5 Å². The van der Waals surface area contributed by atoms with Crippen LogP contribution in [0.4, 0.5) is 10.1 Å². The van der Waals surface area contributed by atoms with Crippen molar-refractivity contribution in [2.24, 2.45) is 0 Å². The monoisotopic (exact) mass is 283 g/mol. The molecule has 0 aliphatic carbocycles. The standard InChI is InChI=1S/C17H18FN3/c1-2-10-21-15-9-5-7-13(18)17(15)20-16(21)11-12-6-3-4-8-14(12)19/h3-9H,2,10-11,19H2,1H3. The third-order valence-electron chi connectivity index (χ3n) is 3.66. The molecule has 2 aromatic carbocycles. The number of nitrogen functional groups attached to an aromatic ring is 1. The summed E-state index contributed by atoms with van der Waals surface area (Å²) < 4.78 is 16.0. The molecular weight excluding hydrogens is 265 g/mol. The SMILES string of the molecule is CCCn1c(Cc2ccccc2N)nc2c(F)cccc21. The molecule has 0 saturated heterocycles. The number of fused-ring (bicyclic) bond motifs is 1. The van der Waals surface area contributed by atoms with E-state index in [0.29, 0.717) is 11.9 Å². The first kappa shape index (κ1) is 13.6. The first-order chi connectivity index (χ1) is 10.2. The topological polar surface area (TPSA) is 43.8 Å². The van der Waals surface area contributed by atoms with Crippen molar-refractivity contribution in [2.75, 3.05) is 5.73 Å². The molecule has 0 aliphatic rings. The van der Waals surface area contributed by atoms with Crippen LogP contribution in [0.25, 0.3) is 11.0 Å². The molecule has 0 atom stereocenters. The first-order valence-electron chi connectivity index (χ1n) is 7.17. The Morgan fingerprint density at radius 3 is 2.71 bits per heavy atom. The molecule has 21 heavy (non-hydrogen) atoms. The van der Waals surface area contributed by atoms with Crippen LogP contribution < -0.4 is 5.73 Å². The molecule has 4 heteroatoms. The van der Waals surface area contributed by atoms with Crippen LogP contribution in [0.2, 0.25) is 0 Å². The molecule has 0 aliphatic heterocycles. The van der Waals surface area contributed by atoms with E-state index < -0.39 is 0 Å². The lowest BCUT2D eigenvalue weighted by Crippen LogP contribution is -2.05. The number of benzene rings is 2. The molecule has 0 unspecified atom stereocenters. The van der Waals surface area contributed by atoms with Crippen LogP contribution in [-0.2, 0) is 13.0 Å². The summed E-state index contributed by atoms with van der Waals surface area (Å²) in [4.78, 5) is 4.50. The summed E-state index contributed by atoms with van der Waals surface area (Å²) in [6.45, 7) is 2.92. The highest BCUT2D eigenvalue weighted by Gasteiger charge is 2.14. The number of halogens is 1. The number of hydrogen-bond donors (Lipinski definition) is 1. The minimum atomic E-state index is -0.273. The van der Waals surface area contributed by atoms with Gasteiger partial charge in [0.25, 0.3) is 0 Å².